The fourth-order valence-electron chi connectivity index (χ4n) is 11.1. The number of para-hydroxylation sites is 1. The molecule has 8 heterocycles. The van der Waals surface area contributed by atoms with Gasteiger partial charge in [-0.1, -0.05) is 12.1 Å². The predicted octanol–water partition coefficient (Wildman–Crippen LogP) is 5.64. The molecule has 334 valence electrons. The van der Waals surface area contributed by atoms with Crippen molar-refractivity contribution in [2.45, 2.75) is 69.5 Å². The number of urea groups is 1. The Labute approximate surface area is 372 Å². The van der Waals surface area contributed by atoms with Gasteiger partial charge in [-0.3, -0.25) is 19.9 Å². The molecule has 1 aliphatic carbocycles. The molecule has 2 bridgehead atoms. The van der Waals surface area contributed by atoms with E-state index in [0.29, 0.717) is 47.6 Å². The molecule has 3 aromatic heterocycles. The van der Waals surface area contributed by atoms with Crippen LogP contribution in [-0.2, 0) is 11.3 Å². The number of benzene rings is 2. The number of carbonyl (C=O) groups excluding carboxylic acids is 2. The minimum absolute atomic E-state index is 0.154. The summed E-state index contributed by atoms with van der Waals surface area (Å²) in [4.78, 5) is 43.0. The molecule has 2 aromatic carbocycles. The summed E-state index contributed by atoms with van der Waals surface area (Å²) in [7, 11) is 0. The summed E-state index contributed by atoms with van der Waals surface area (Å²) in [5.74, 6) is 1.29. The summed E-state index contributed by atoms with van der Waals surface area (Å²) in [5, 5.41) is 22.6. The number of aromatic hydroxyl groups is 1. The van der Waals surface area contributed by atoms with Gasteiger partial charge in [0.1, 0.15) is 17.2 Å². The summed E-state index contributed by atoms with van der Waals surface area (Å²) in [6.07, 6.45) is 10.9. The van der Waals surface area contributed by atoms with Crippen molar-refractivity contribution in [3.63, 3.8) is 0 Å². The number of hydrogen-bond acceptors (Lipinski definition) is 12. The summed E-state index contributed by atoms with van der Waals surface area (Å²) in [6.45, 7) is 10.7. The molecule has 0 radical (unpaired) electrons. The lowest BCUT2D eigenvalue weighted by Crippen LogP contribution is -2.54. The first-order valence-electron chi connectivity index (χ1n) is 23.3. The van der Waals surface area contributed by atoms with E-state index in [-0.39, 0.29) is 35.6 Å². The molecule has 4 N–H and O–H groups in total. The molecular formula is C48H57FN12O3. The van der Waals surface area contributed by atoms with Crippen LogP contribution in [0, 0.1) is 11.7 Å². The molecule has 15 nitrogen and oxygen atoms in total. The Balaban J connectivity index is 0.669. The second-order valence-corrected chi connectivity index (χ2v) is 18.8. The quantitative estimate of drug-likeness (QED) is 0.151. The van der Waals surface area contributed by atoms with Crippen LogP contribution in [0.1, 0.15) is 56.4 Å². The highest BCUT2D eigenvalue weighted by molar-refractivity contribution is 6.06. The van der Waals surface area contributed by atoms with Crippen molar-refractivity contribution in [1.29, 1.82) is 0 Å². The van der Waals surface area contributed by atoms with E-state index in [1.807, 2.05) is 24.3 Å². The third kappa shape index (κ3) is 7.95. The van der Waals surface area contributed by atoms with E-state index in [9.17, 15) is 14.7 Å². The second kappa shape index (κ2) is 16.8. The van der Waals surface area contributed by atoms with Crippen LogP contribution in [0.2, 0.25) is 0 Å². The Bertz CT molecular complexity index is 2550. The van der Waals surface area contributed by atoms with Gasteiger partial charge in [0.25, 0.3) is 0 Å². The van der Waals surface area contributed by atoms with Crippen molar-refractivity contribution in [2.24, 2.45) is 5.92 Å². The molecule has 64 heavy (non-hydrogen) atoms. The van der Waals surface area contributed by atoms with E-state index in [2.05, 4.69) is 62.9 Å². The number of rotatable bonds is 11. The number of piperidine rings is 1. The van der Waals surface area contributed by atoms with E-state index in [1.165, 1.54) is 18.4 Å². The first kappa shape index (κ1) is 40.8. The van der Waals surface area contributed by atoms with Gasteiger partial charge in [0.15, 0.2) is 5.82 Å². The molecule has 6 fully saturated rings. The van der Waals surface area contributed by atoms with Crippen molar-refractivity contribution >= 4 is 51.5 Å². The Morgan fingerprint density at radius 3 is 2.30 bits per heavy atom. The third-order valence-electron chi connectivity index (χ3n) is 14.7. The molecule has 11 rings (SSSR count). The number of nitrogens with two attached hydrogens (primary N) is 1. The number of aromatic nitrogens is 4. The lowest BCUT2D eigenvalue weighted by molar-refractivity contribution is -0.120. The maximum Gasteiger partial charge on any atom is 0.328 e. The molecule has 0 spiro atoms. The highest BCUT2D eigenvalue weighted by atomic mass is 19.1. The van der Waals surface area contributed by atoms with Crippen LogP contribution < -0.4 is 30.7 Å². The van der Waals surface area contributed by atoms with Crippen LogP contribution in [0.3, 0.4) is 0 Å². The van der Waals surface area contributed by atoms with Crippen LogP contribution in [0.25, 0.3) is 22.3 Å². The third-order valence-corrected chi connectivity index (χ3v) is 14.7. The molecule has 5 aromatic rings. The largest absolute Gasteiger partial charge is 0.507 e. The number of nitrogens with one attached hydrogen (secondary N) is 1. The standard InChI is InChI=1S/C48H57FN12O3/c49-40-10-9-33(61-34-7-8-35(61)29-59(28-34)43-25-41(53-54-46(43)50)37-3-1-2-4-44(37)62)24-42(40)57-14-11-31(12-15-57)27-56-19-17-55(18-20-56)21-22-58-30-39(32-5-6-32)38-23-36(26-51-47(38)58)60-16-13-45(63)52-48(60)64/h1-4,9-10,23-26,30-32,34-35,62H,5-8,11-22,27-29H2,(H2,50,54)(H,52,63,64). The van der Waals surface area contributed by atoms with Crippen molar-refractivity contribution in [3.8, 4) is 17.0 Å². The van der Waals surface area contributed by atoms with Crippen molar-refractivity contribution in [2.75, 3.05) is 97.3 Å². The number of hydrogen-bond donors (Lipinski definition) is 3. The smallest absolute Gasteiger partial charge is 0.328 e. The van der Waals surface area contributed by atoms with E-state index in [0.717, 1.165) is 126 Å². The summed E-state index contributed by atoms with van der Waals surface area (Å²) < 4.78 is 17.9. The zero-order valence-electron chi connectivity index (χ0n) is 36.3. The fourth-order valence-corrected chi connectivity index (χ4v) is 11.1. The highest BCUT2D eigenvalue weighted by Gasteiger charge is 2.41. The van der Waals surface area contributed by atoms with Gasteiger partial charge in [-0.2, -0.15) is 0 Å². The molecule has 3 amide bonds. The van der Waals surface area contributed by atoms with Crippen LogP contribution in [0.15, 0.2) is 67.0 Å². The number of fused-ring (bicyclic) bond motifs is 3. The Hall–Kier alpha value is -6.00. The van der Waals surface area contributed by atoms with Gasteiger partial charge >= 0.3 is 6.03 Å². The number of nitrogens with zero attached hydrogens (tertiary/aromatic N) is 10. The van der Waals surface area contributed by atoms with Gasteiger partial charge in [0.2, 0.25) is 5.91 Å². The topological polar surface area (TPSA) is 155 Å². The van der Waals surface area contributed by atoms with Crippen LogP contribution in [0.5, 0.6) is 5.75 Å². The molecular weight excluding hydrogens is 812 g/mol. The number of piperazine rings is 2. The van der Waals surface area contributed by atoms with Crippen LogP contribution in [0.4, 0.5) is 37.8 Å². The number of amides is 3. The average molecular weight is 869 g/mol. The van der Waals surface area contributed by atoms with E-state index in [1.54, 1.807) is 29.3 Å². The number of nitrogen functional groups attached to an aromatic ring is 1. The van der Waals surface area contributed by atoms with Gasteiger partial charge in [-0.15, -0.1) is 10.2 Å². The molecule has 16 heteroatoms. The molecule has 5 saturated heterocycles. The molecule has 2 atom stereocenters. The van der Waals surface area contributed by atoms with Crippen molar-refractivity contribution < 1.29 is 19.1 Å². The number of halogens is 1. The molecule has 1 saturated carbocycles. The maximum atomic E-state index is 15.6. The highest BCUT2D eigenvalue weighted by Crippen LogP contribution is 2.45. The minimum atomic E-state index is -0.379. The van der Waals surface area contributed by atoms with Crippen LogP contribution >= 0.6 is 0 Å². The normalized spacial score (nSPS) is 22.5. The summed E-state index contributed by atoms with van der Waals surface area (Å²) >= 11 is 0. The zero-order chi connectivity index (χ0) is 43.5. The number of pyridine rings is 1. The predicted molar refractivity (Wildman–Crippen MR) is 246 cm³/mol. The van der Waals surface area contributed by atoms with E-state index in [4.69, 9.17) is 10.7 Å². The monoisotopic (exact) mass is 868 g/mol. The van der Waals surface area contributed by atoms with Gasteiger partial charge in [0.05, 0.1) is 29.0 Å². The second-order valence-electron chi connectivity index (χ2n) is 18.8. The van der Waals surface area contributed by atoms with Gasteiger partial charge < -0.3 is 35.0 Å². The zero-order valence-corrected chi connectivity index (χ0v) is 36.3. The van der Waals surface area contributed by atoms with E-state index >= 15 is 4.39 Å². The lowest BCUT2D eigenvalue weighted by atomic mass is 9.95. The number of phenols is 1. The van der Waals surface area contributed by atoms with E-state index < -0.39 is 0 Å². The SMILES string of the molecule is Nc1nnc(-c2ccccc2O)cc1N1CC2CCC(C1)N2c1ccc(F)c(N2CCC(CN3CCN(CCn4cc(C5CC5)c5cc(N6CCC(=O)NC6=O)cnc54)CC3)CC2)c1. The first-order valence-corrected chi connectivity index (χ1v) is 23.3. The Morgan fingerprint density at radius 1 is 0.781 bits per heavy atom. The summed E-state index contributed by atoms with van der Waals surface area (Å²) in [5.41, 5.74) is 13.3. The first-order chi connectivity index (χ1) is 31.2. The number of imide groups is 1. The average Bonchev–Trinajstić information content (AvgIpc) is 4.04. The maximum absolute atomic E-state index is 15.6. The lowest BCUT2D eigenvalue weighted by Gasteiger charge is -2.44. The van der Waals surface area contributed by atoms with Gasteiger partial charge in [-0.25, -0.2) is 14.2 Å². The van der Waals surface area contributed by atoms with Crippen molar-refractivity contribution in [1.82, 2.24) is 34.9 Å². The number of phenolic OH excluding ortho intramolecular Hbond substituents is 1. The Morgan fingerprint density at radius 2 is 1.55 bits per heavy atom. The fraction of sp³-hybridized carbons (Fsp3) is 0.479. The number of anilines is 5. The van der Waals surface area contributed by atoms with Gasteiger partial charge in [0, 0.05) is 120 Å². The molecule has 2 unspecified atom stereocenters. The van der Waals surface area contributed by atoms with Gasteiger partial charge in [-0.05, 0) is 98.4 Å². The number of carbonyl (C=O) groups is 2. The molecule has 6 aliphatic rings. The van der Waals surface area contributed by atoms with Crippen molar-refractivity contribution in [3.05, 3.63) is 78.4 Å². The Kier molecular flexibility index (Phi) is 10.7. The summed E-state index contributed by atoms with van der Waals surface area (Å²) in [6, 6.07) is 17.0. The molecule has 5 aliphatic heterocycles. The van der Waals surface area contributed by atoms with Crippen LogP contribution in [-0.4, -0.2) is 131 Å². The minimum Gasteiger partial charge on any atom is -0.507 e.